The summed E-state index contributed by atoms with van der Waals surface area (Å²) < 4.78 is 0. The average molecular weight is 372 g/mol. The van der Waals surface area contributed by atoms with Crippen LogP contribution in [-0.4, -0.2) is 28.6 Å². The first-order chi connectivity index (χ1) is 12.5. The summed E-state index contributed by atoms with van der Waals surface area (Å²) in [6, 6.07) is 5.94. The number of amides is 2. The molecule has 0 aliphatic carbocycles. The lowest BCUT2D eigenvalue weighted by molar-refractivity contribution is -0.122. The van der Waals surface area contributed by atoms with Crippen LogP contribution in [-0.2, 0) is 16.0 Å². The molecule has 3 rings (SSSR count). The van der Waals surface area contributed by atoms with E-state index in [1.165, 1.54) is 16.9 Å². The Hall–Kier alpha value is -2.28. The normalized spacial score (nSPS) is 17.0. The van der Waals surface area contributed by atoms with E-state index >= 15 is 0 Å². The van der Waals surface area contributed by atoms with Gasteiger partial charge in [0.25, 0.3) is 0 Å². The minimum Gasteiger partial charge on any atom is -0.312 e. The molecule has 1 aromatic carbocycles. The number of rotatable bonds is 6. The SMILES string of the molecule is CCCCc1nnc(NC(=O)C2CC(=O)N(c3ccc(C)c(C)c3)C2)s1. The summed E-state index contributed by atoms with van der Waals surface area (Å²) in [5, 5.41) is 12.4. The number of anilines is 2. The Morgan fingerprint density at radius 1 is 1.31 bits per heavy atom. The van der Waals surface area contributed by atoms with Crippen LogP contribution in [0.25, 0.3) is 0 Å². The topological polar surface area (TPSA) is 75.2 Å². The molecule has 1 fully saturated rings. The Morgan fingerprint density at radius 3 is 2.85 bits per heavy atom. The van der Waals surface area contributed by atoms with E-state index in [9.17, 15) is 9.59 Å². The average Bonchev–Trinajstić information content (AvgIpc) is 3.22. The first-order valence-corrected chi connectivity index (χ1v) is 9.80. The number of aromatic nitrogens is 2. The van der Waals surface area contributed by atoms with Crippen LogP contribution in [0, 0.1) is 19.8 Å². The molecule has 1 N–H and O–H groups in total. The van der Waals surface area contributed by atoms with Gasteiger partial charge >= 0.3 is 0 Å². The molecule has 7 heteroatoms. The van der Waals surface area contributed by atoms with E-state index < -0.39 is 0 Å². The molecule has 1 aromatic heterocycles. The van der Waals surface area contributed by atoms with Crippen LogP contribution < -0.4 is 10.2 Å². The zero-order valence-corrected chi connectivity index (χ0v) is 16.2. The van der Waals surface area contributed by atoms with Crippen molar-refractivity contribution in [1.29, 1.82) is 0 Å². The Labute approximate surface area is 157 Å². The van der Waals surface area contributed by atoms with Gasteiger partial charge < -0.3 is 10.2 Å². The monoisotopic (exact) mass is 372 g/mol. The van der Waals surface area contributed by atoms with E-state index in [-0.39, 0.29) is 24.2 Å². The molecule has 2 heterocycles. The number of nitrogens with one attached hydrogen (secondary N) is 1. The summed E-state index contributed by atoms with van der Waals surface area (Å²) in [6.07, 6.45) is 3.26. The van der Waals surface area contributed by atoms with Gasteiger partial charge in [-0.3, -0.25) is 9.59 Å². The standard InChI is InChI=1S/C19H24N4O2S/c1-4-5-6-16-21-22-19(26-16)20-18(25)14-10-17(24)23(11-14)15-8-7-12(2)13(3)9-15/h7-9,14H,4-6,10-11H2,1-3H3,(H,20,22,25). The van der Waals surface area contributed by atoms with Crippen molar-refractivity contribution in [3.8, 4) is 0 Å². The molecule has 26 heavy (non-hydrogen) atoms. The van der Waals surface area contributed by atoms with Crippen LogP contribution in [0.5, 0.6) is 0 Å². The van der Waals surface area contributed by atoms with Crippen LogP contribution in [0.1, 0.15) is 42.3 Å². The van der Waals surface area contributed by atoms with Gasteiger partial charge in [-0.15, -0.1) is 10.2 Å². The second-order valence-electron chi connectivity index (χ2n) is 6.77. The highest BCUT2D eigenvalue weighted by molar-refractivity contribution is 7.15. The number of carbonyl (C=O) groups is 2. The number of nitrogens with zero attached hydrogens (tertiary/aromatic N) is 3. The second kappa shape index (κ2) is 7.95. The summed E-state index contributed by atoms with van der Waals surface area (Å²) in [4.78, 5) is 26.6. The molecular formula is C19H24N4O2S. The second-order valence-corrected chi connectivity index (χ2v) is 7.83. The summed E-state index contributed by atoms with van der Waals surface area (Å²) in [5.41, 5.74) is 3.17. The van der Waals surface area contributed by atoms with Gasteiger partial charge in [-0.25, -0.2) is 0 Å². The molecule has 1 atom stereocenters. The van der Waals surface area contributed by atoms with Gasteiger partial charge in [-0.2, -0.15) is 0 Å². The molecule has 0 saturated carbocycles. The third kappa shape index (κ3) is 4.09. The first kappa shape index (κ1) is 18.5. The van der Waals surface area contributed by atoms with E-state index in [0.29, 0.717) is 11.7 Å². The number of benzene rings is 1. The lowest BCUT2D eigenvalue weighted by Gasteiger charge is -2.17. The van der Waals surface area contributed by atoms with Gasteiger partial charge in [0.1, 0.15) is 5.01 Å². The van der Waals surface area contributed by atoms with Gasteiger partial charge in [-0.1, -0.05) is 30.7 Å². The highest BCUT2D eigenvalue weighted by Crippen LogP contribution is 2.28. The maximum absolute atomic E-state index is 12.5. The minimum absolute atomic E-state index is 0.0192. The minimum atomic E-state index is -0.368. The molecule has 1 unspecified atom stereocenters. The maximum atomic E-state index is 12.5. The molecule has 2 aromatic rings. The van der Waals surface area contributed by atoms with E-state index in [2.05, 4.69) is 22.4 Å². The fraction of sp³-hybridized carbons (Fsp3) is 0.474. The van der Waals surface area contributed by atoms with Crippen molar-refractivity contribution < 1.29 is 9.59 Å². The smallest absolute Gasteiger partial charge is 0.231 e. The molecule has 0 radical (unpaired) electrons. The van der Waals surface area contributed by atoms with Gasteiger partial charge in [-0.05, 0) is 43.5 Å². The molecule has 2 amide bonds. The number of carbonyl (C=O) groups excluding carboxylic acids is 2. The fourth-order valence-electron chi connectivity index (χ4n) is 2.97. The van der Waals surface area contributed by atoms with Crippen molar-refractivity contribution in [3.05, 3.63) is 34.3 Å². The number of hydrogen-bond donors (Lipinski definition) is 1. The summed E-state index contributed by atoms with van der Waals surface area (Å²) in [6.45, 7) is 6.59. The Kier molecular flexibility index (Phi) is 5.66. The highest BCUT2D eigenvalue weighted by Gasteiger charge is 2.35. The van der Waals surface area contributed by atoms with Gasteiger partial charge in [0.05, 0.1) is 5.92 Å². The van der Waals surface area contributed by atoms with Crippen molar-refractivity contribution in [3.63, 3.8) is 0 Å². The lowest BCUT2D eigenvalue weighted by atomic mass is 10.1. The molecule has 1 aliphatic heterocycles. The van der Waals surface area contributed by atoms with Crippen LogP contribution in [0.4, 0.5) is 10.8 Å². The molecule has 6 nitrogen and oxygen atoms in total. The van der Waals surface area contributed by atoms with E-state index in [1.807, 2.05) is 32.0 Å². The molecular weight excluding hydrogens is 348 g/mol. The van der Waals surface area contributed by atoms with Crippen LogP contribution in [0.15, 0.2) is 18.2 Å². The zero-order chi connectivity index (χ0) is 18.7. The van der Waals surface area contributed by atoms with Gasteiger partial charge in [0, 0.05) is 25.1 Å². The molecule has 0 bridgehead atoms. The molecule has 138 valence electrons. The van der Waals surface area contributed by atoms with Crippen LogP contribution in [0.3, 0.4) is 0 Å². The molecule has 1 saturated heterocycles. The first-order valence-electron chi connectivity index (χ1n) is 8.98. The quantitative estimate of drug-likeness (QED) is 0.842. The highest BCUT2D eigenvalue weighted by atomic mass is 32.1. The Balaban J connectivity index is 1.63. The van der Waals surface area contributed by atoms with E-state index in [1.54, 1.807) is 4.90 Å². The number of unbranched alkanes of at least 4 members (excludes halogenated alkanes) is 1. The maximum Gasteiger partial charge on any atom is 0.231 e. The summed E-state index contributed by atoms with van der Waals surface area (Å²) in [5.74, 6) is -0.552. The summed E-state index contributed by atoms with van der Waals surface area (Å²) in [7, 11) is 0. The fourth-order valence-corrected chi connectivity index (χ4v) is 3.75. The predicted octanol–water partition coefficient (Wildman–Crippen LogP) is 3.49. The molecule has 0 spiro atoms. The van der Waals surface area contributed by atoms with Crippen LogP contribution >= 0.6 is 11.3 Å². The van der Waals surface area contributed by atoms with Crippen molar-refractivity contribution in [2.75, 3.05) is 16.8 Å². The van der Waals surface area contributed by atoms with Crippen molar-refractivity contribution >= 4 is 34.0 Å². The van der Waals surface area contributed by atoms with Gasteiger partial charge in [0.2, 0.25) is 16.9 Å². The Morgan fingerprint density at radius 2 is 2.12 bits per heavy atom. The third-order valence-electron chi connectivity index (χ3n) is 4.74. The lowest BCUT2D eigenvalue weighted by Crippen LogP contribution is -2.28. The molecule has 1 aliphatic rings. The number of aryl methyl sites for hydroxylation is 3. The van der Waals surface area contributed by atoms with Crippen molar-refractivity contribution in [2.45, 2.75) is 46.5 Å². The van der Waals surface area contributed by atoms with E-state index in [0.717, 1.165) is 35.5 Å². The van der Waals surface area contributed by atoms with Gasteiger partial charge in [0.15, 0.2) is 0 Å². The summed E-state index contributed by atoms with van der Waals surface area (Å²) >= 11 is 1.41. The third-order valence-corrected chi connectivity index (χ3v) is 5.64. The van der Waals surface area contributed by atoms with E-state index in [4.69, 9.17) is 0 Å². The number of hydrogen-bond acceptors (Lipinski definition) is 5. The largest absolute Gasteiger partial charge is 0.312 e. The van der Waals surface area contributed by atoms with Crippen molar-refractivity contribution in [1.82, 2.24) is 10.2 Å². The Bertz CT molecular complexity index is 818. The predicted molar refractivity (Wildman–Crippen MR) is 104 cm³/mol. The zero-order valence-electron chi connectivity index (χ0n) is 15.4. The van der Waals surface area contributed by atoms with Crippen molar-refractivity contribution in [2.24, 2.45) is 5.92 Å². The van der Waals surface area contributed by atoms with Crippen LogP contribution in [0.2, 0.25) is 0 Å².